The molecule has 0 amide bonds. The van der Waals surface area contributed by atoms with Crippen LogP contribution in [0.15, 0.2) is 71.6 Å². The van der Waals surface area contributed by atoms with Crippen LogP contribution < -0.4 is 0 Å². The maximum atomic E-state index is 11.8. The summed E-state index contributed by atoms with van der Waals surface area (Å²) in [7, 11) is 0. The molecule has 0 spiro atoms. The van der Waals surface area contributed by atoms with Crippen molar-refractivity contribution in [3.63, 3.8) is 0 Å². The van der Waals surface area contributed by atoms with E-state index in [2.05, 4.69) is 53.9 Å². The number of rotatable bonds is 4. The van der Waals surface area contributed by atoms with Crippen LogP contribution >= 0.6 is 11.3 Å². The quantitative estimate of drug-likeness (QED) is 0.436. The zero-order valence-electron chi connectivity index (χ0n) is 14.7. The second-order valence-corrected chi connectivity index (χ2v) is 7.20. The van der Waals surface area contributed by atoms with Crippen molar-refractivity contribution in [3.05, 3.63) is 88.3 Å². The molecule has 1 aliphatic carbocycles. The molecule has 0 unspecified atom stereocenters. The van der Waals surface area contributed by atoms with Gasteiger partial charge in [-0.2, -0.15) is 0 Å². The fraction of sp³-hybridized carbons (Fsp3) is 0.174. The van der Waals surface area contributed by atoms with Crippen LogP contribution in [0.5, 0.6) is 0 Å². The zero-order chi connectivity index (χ0) is 17.9. The minimum absolute atomic E-state index is 0.284. The molecule has 0 aliphatic heterocycles. The lowest BCUT2D eigenvalue weighted by Gasteiger charge is -2.22. The predicted molar refractivity (Wildman–Crippen MR) is 108 cm³/mol. The lowest BCUT2D eigenvalue weighted by atomic mass is 9.82. The van der Waals surface area contributed by atoms with Crippen LogP contribution in [0, 0.1) is 0 Å². The maximum absolute atomic E-state index is 11.8. The minimum atomic E-state index is -0.284. The molecular weight excluding hydrogens is 340 g/mol. The van der Waals surface area contributed by atoms with E-state index in [4.69, 9.17) is 4.74 Å². The van der Waals surface area contributed by atoms with Gasteiger partial charge in [0.05, 0.1) is 6.61 Å². The number of allylic oxidation sites excluding steroid dienone is 2. The topological polar surface area (TPSA) is 26.3 Å². The zero-order valence-corrected chi connectivity index (χ0v) is 15.5. The summed E-state index contributed by atoms with van der Waals surface area (Å²) in [6.07, 6.45) is 5.41. The van der Waals surface area contributed by atoms with Crippen LogP contribution in [0.4, 0.5) is 0 Å². The van der Waals surface area contributed by atoms with Crippen molar-refractivity contribution in [2.45, 2.75) is 19.8 Å². The Kier molecular flexibility index (Phi) is 4.72. The van der Waals surface area contributed by atoms with Crippen molar-refractivity contribution in [1.82, 2.24) is 0 Å². The average molecular weight is 360 g/mol. The fourth-order valence-electron chi connectivity index (χ4n) is 3.56. The number of ether oxygens (including phenoxy) is 1. The van der Waals surface area contributed by atoms with Crippen molar-refractivity contribution in [2.24, 2.45) is 0 Å². The Morgan fingerprint density at radius 3 is 2.77 bits per heavy atom. The van der Waals surface area contributed by atoms with Crippen molar-refractivity contribution in [2.75, 3.05) is 6.61 Å². The first-order valence-electron chi connectivity index (χ1n) is 8.91. The highest BCUT2D eigenvalue weighted by atomic mass is 32.1. The number of thiophene rings is 1. The third-order valence-corrected chi connectivity index (χ3v) is 5.69. The van der Waals surface area contributed by atoms with Crippen molar-refractivity contribution >= 4 is 33.0 Å². The predicted octanol–water partition coefficient (Wildman–Crippen LogP) is 5.77. The molecule has 2 nitrogen and oxygen atoms in total. The number of carbonyl (C=O) groups excluding carboxylic acids is 1. The van der Waals surface area contributed by atoms with E-state index in [1.165, 1.54) is 37.9 Å². The van der Waals surface area contributed by atoms with Crippen LogP contribution in [0.2, 0.25) is 0 Å². The van der Waals surface area contributed by atoms with Gasteiger partial charge in [-0.1, -0.05) is 48.5 Å². The standard InChI is InChI=1S/C23H20O2S/c1-2-25-22(24)14-13-17-12-11-16-7-3-4-8-18(16)23(17)20-15-26-21-10-6-5-9-19(20)21/h3-10,13-15H,2,11-12H2,1H3/b14-13+. The minimum Gasteiger partial charge on any atom is -0.463 e. The van der Waals surface area contributed by atoms with Gasteiger partial charge in [-0.15, -0.1) is 11.3 Å². The van der Waals surface area contributed by atoms with Gasteiger partial charge < -0.3 is 4.74 Å². The van der Waals surface area contributed by atoms with E-state index < -0.39 is 0 Å². The lowest BCUT2D eigenvalue weighted by molar-refractivity contribution is -0.137. The van der Waals surface area contributed by atoms with E-state index in [-0.39, 0.29) is 5.97 Å². The Hall–Kier alpha value is -2.65. The van der Waals surface area contributed by atoms with E-state index in [9.17, 15) is 4.79 Å². The molecule has 0 fully saturated rings. The summed E-state index contributed by atoms with van der Waals surface area (Å²) in [5.41, 5.74) is 6.32. The average Bonchev–Trinajstić information content (AvgIpc) is 3.10. The number of aryl methyl sites for hydroxylation is 1. The molecule has 0 radical (unpaired) electrons. The van der Waals surface area contributed by atoms with Gasteiger partial charge in [-0.25, -0.2) is 4.79 Å². The number of benzene rings is 2. The van der Waals surface area contributed by atoms with Crippen LogP contribution in [-0.2, 0) is 16.0 Å². The number of carbonyl (C=O) groups is 1. The number of esters is 1. The first-order valence-corrected chi connectivity index (χ1v) is 9.78. The second-order valence-electron chi connectivity index (χ2n) is 6.29. The Labute approximate surface area is 157 Å². The molecular formula is C23H20O2S. The van der Waals surface area contributed by atoms with Gasteiger partial charge in [0.2, 0.25) is 0 Å². The van der Waals surface area contributed by atoms with Crippen LogP contribution in [0.3, 0.4) is 0 Å². The molecule has 26 heavy (non-hydrogen) atoms. The van der Waals surface area contributed by atoms with Crippen molar-refractivity contribution in [3.8, 4) is 0 Å². The van der Waals surface area contributed by atoms with Crippen molar-refractivity contribution in [1.29, 1.82) is 0 Å². The summed E-state index contributed by atoms with van der Waals surface area (Å²) in [6, 6.07) is 17.1. The molecule has 0 saturated heterocycles. The molecule has 130 valence electrons. The van der Waals surface area contributed by atoms with Gasteiger partial charge in [0.15, 0.2) is 0 Å². The van der Waals surface area contributed by atoms with E-state index >= 15 is 0 Å². The molecule has 4 rings (SSSR count). The Balaban J connectivity index is 1.89. The molecule has 3 heteroatoms. The molecule has 1 heterocycles. The van der Waals surface area contributed by atoms with Gasteiger partial charge in [-0.3, -0.25) is 0 Å². The monoisotopic (exact) mass is 360 g/mol. The maximum Gasteiger partial charge on any atom is 0.330 e. The van der Waals surface area contributed by atoms with Gasteiger partial charge >= 0.3 is 5.97 Å². The van der Waals surface area contributed by atoms with Crippen LogP contribution in [0.25, 0.3) is 15.7 Å². The molecule has 3 aromatic rings. The third kappa shape index (κ3) is 3.11. The molecule has 0 atom stereocenters. The van der Waals surface area contributed by atoms with Gasteiger partial charge in [-0.05, 0) is 53.5 Å². The SMILES string of the molecule is CCOC(=O)/C=C/C1=C(c2csc3ccccc23)c2ccccc2CC1. The molecule has 0 bridgehead atoms. The summed E-state index contributed by atoms with van der Waals surface area (Å²) in [4.78, 5) is 11.8. The van der Waals surface area contributed by atoms with Gasteiger partial charge in [0, 0.05) is 21.7 Å². The van der Waals surface area contributed by atoms with E-state index in [0.717, 1.165) is 12.8 Å². The largest absolute Gasteiger partial charge is 0.463 e. The molecule has 2 aromatic carbocycles. The van der Waals surface area contributed by atoms with E-state index in [1.54, 1.807) is 17.4 Å². The van der Waals surface area contributed by atoms with Crippen LogP contribution in [-0.4, -0.2) is 12.6 Å². The second kappa shape index (κ2) is 7.30. The van der Waals surface area contributed by atoms with Crippen LogP contribution in [0.1, 0.15) is 30.0 Å². The molecule has 0 saturated carbocycles. The normalized spacial score (nSPS) is 14.0. The molecule has 0 N–H and O–H groups in total. The first kappa shape index (κ1) is 16.8. The summed E-state index contributed by atoms with van der Waals surface area (Å²) >= 11 is 1.77. The third-order valence-electron chi connectivity index (χ3n) is 4.73. The van der Waals surface area contributed by atoms with Crippen molar-refractivity contribution < 1.29 is 9.53 Å². The fourth-order valence-corrected chi connectivity index (χ4v) is 4.52. The number of fused-ring (bicyclic) bond motifs is 2. The highest BCUT2D eigenvalue weighted by Gasteiger charge is 2.21. The Morgan fingerprint density at radius 2 is 1.88 bits per heavy atom. The summed E-state index contributed by atoms with van der Waals surface area (Å²) < 4.78 is 6.34. The van der Waals surface area contributed by atoms with E-state index in [1.807, 2.05) is 13.0 Å². The highest BCUT2D eigenvalue weighted by Crippen LogP contribution is 2.41. The first-order chi connectivity index (χ1) is 12.8. The lowest BCUT2D eigenvalue weighted by Crippen LogP contribution is -2.06. The number of hydrogen-bond donors (Lipinski definition) is 0. The van der Waals surface area contributed by atoms with Gasteiger partial charge in [0.25, 0.3) is 0 Å². The van der Waals surface area contributed by atoms with Gasteiger partial charge in [0.1, 0.15) is 0 Å². The molecule has 1 aliphatic rings. The number of hydrogen-bond acceptors (Lipinski definition) is 3. The smallest absolute Gasteiger partial charge is 0.330 e. The highest BCUT2D eigenvalue weighted by molar-refractivity contribution is 7.17. The van der Waals surface area contributed by atoms with E-state index in [0.29, 0.717) is 6.61 Å². The Bertz CT molecular complexity index is 1020. The summed E-state index contributed by atoms with van der Waals surface area (Å²) in [5.74, 6) is -0.284. The Morgan fingerprint density at radius 1 is 1.08 bits per heavy atom. The molecule has 1 aromatic heterocycles. The summed E-state index contributed by atoms with van der Waals surface area (Å²) in [5, 5.41) is 3.51. The summed E-state index contributed by atoms with van der Waals surface area (Å²) in [6.45, 7) is 2.22.